The lowest BCUT2D eigenvalue weighted by molar-refractivity contribution is 0.383. The maximum absolute atomic E-state index is 6.14. The minimum Gasteiger partial charge on any atom is -0.314 e. The summed E-state index contributed by atoms with van der Waals surface area (Å²) in [6.07, 6.45) is 1.15. The van der Waals surface area contributed by atoms with E-state index in [0.29, 0.717) is 4.75 Å². The van der Waals surface area contributed by atoms with Gasteiger partial charge in [-0.15, -0.1) is 11.8 Å². The molecule has 0 radical (unpaired) electrons. The molecule has 0 unspecified atom stereocenters. The molecule has 0 bridgehead atoms. The van der Waals surface area contributed by atoms with Crippen molar-refractivity contribution in [3.05, 3.63) is 28.2 Å². The third kappa shape index (κ3) is 2.44. The topological polar surface area (TPSA) is 12.0 Å². The maximum Gasteiger partial charge on any atom is 0.0543 e. The first kappa shape index (κ1) is 11.6. The zero-order chi connectivity index (χ0) is 10.9. The normalized spacial score (nSPS) is 18.6. The Hall–Kier alpha value is 0.110. The lowest BCUT2D eigenvalue weighted by Gasteiger charge is -2.41. The molecule has 1 aromatic carbocycles. The molecule has 0 saturated carbocycles. The summed E-state index contributed by atoms with van der Waals surface area (Å²) in [7, 11) is 0. The number of hydrogen-bond donors (Lipinski definition) is 1. The first-order chi connectivity index (χ1) is 7.15. The van der Waals surface area contributed by atoms with Crippen molar-refractivity contribution in [2.45, 2.75) is 23.0 Å². The van der Waals surface area contributed by atoms with Crippen molar-refractivity contribution in [1.29, 1.82) is 0 Å². The Kier molecular flexibility index (Phi) is 3.51. The Balaban J connectivity index is 2.19. The van der Waals surface area contributed by atoms with Crippen molar-refractivity contribution < 1.29 is 0 Å². The fourth-order valence-electron chi connectivity index (χ4n) is 1.59. The highest BCUT2D eigenvalue weighted by atomic mass is 35.5. The van der Waals surface area contributed by atoms with Crippen molar-refractivity contribution in [3.63, 3.8) is 0 Å². The van der Waals surface area contributed by atoms with Gasteiger partial charge in [0.25, 0.3) is 0 Å². The Labute approximate surface area is 105 Å². The predicted molar refractivity (Wildman–Crippen MR) is 68.2 cm³/mol. The Morgan fingerprint density at radius 3 is 2.67 bits per heavy atom. The minimum absolute atomic E-state index is 0.314. The average Bonchev–Trinajstić information content (AvgIpc) is 2.17. The zero-order valence-electron chi connectivity index (χ0n) is 8.52. The maximum atomic E-state index is 6.14. The molecular weight excluding hydrogens is 249 g/mol. The monoisotopic (exact) mass is 261 g/mol. The smallest absolute Gasteiger partial charge is 0.0543 e. The lowest BCUT2D eigenvalue weighted by Crippen LogP contribution is -2.56. The summed E-state index contributed by atoms with van der Waals surface area (Å²) < 4.78 is 0.314. The van der Waals surface area contributed by atoms with Gasteiger partial charge < -0.3 is 5.32 Å². The van der Waals surface area contributed by atoms with Crippen LogP contribution in [0, 0.1) is 0 Å². The Morgan fingerprint density at radius 2 is 2.13 bits per heavy atom. The molecule has 0 atom stereocenters. The SMILES string of the molecule is CCC1(Sc2cc(Cl)ccc2Cl)CNC1. The summed E-state index contributed by atoms with van der Waals surface area (Å²) in [6, 6.07) is 5.64. The van der Waals surface area contributed by atoms with E-state index in [0.717, 1.165) is 34.5 Å². The molecule has 1 heterocycles. The first-order valence-electron chi connectivity index (χ1n) is 5.00. The van der Waals surface area contributed by atoms with Crippen molar-refractivity contribution >= 4 is 35.0 Å². The van der Waals surface area contributed by atoms with Crippen LogP contribution < -0.4 is 5.32 Å². The van der Waals surface area contributed by atoms with Crippen LogP contribution in [-0.4, -0.2) is 17.8 Å². The number of benzene rings is 1. The summed E-state index contributed by atoms with van der Waals surface area (Å²) >= 11 is 13.9. The summed E-state index contributed by atoms with van der Waals surface area (Å²) in [5.41, 5.74) is 0. The van der Waals surface area contributed by atoms with E-state index in [1.807, 2.05) is 30.0 Å². The third-order valence-corrected chi connectivity index (χ3v) is 5.00. The van der Waals surface area contributed by atoms with Crippen LogP contribution in [0.1, 0.15) is 13.3 Å². The highest BCUT2D eigenvalue weighted by Crippen LogP contribution is 2.42. The van der Waals surface area contributed by atoms with E-state index >= 15 is 0 Å². The molecule has 1 N–H and O–H groups in total. The fourth-order valence-corrected chi connectivity index (χ4v) is 3.37. The second kappa shape index (κ2) is 4.54. The largest absolute Gasteiger partial charge is 0.314 e. The van der Waals surface area contributed by atoms with Crippen LogP contribution in [0.2, 0.25) is 10.0 Å². The molecule has 15 heavy (non-hydrogen) atoms. The molecular formula is C11H13Cl2NS. The van der Waals surface area contributed by atoms with Crippen LogP contribution in [0.4, 0.5) is 0 Å². The van der Waals surface area contributed by atoms with Gasteiger partial charge in [-0.3, -0.25) is 0 Å². The molecule has 1 nitrogen and oxygen atoms in total. The van der Waals surface area contributed by atoms with Crippen LogP contribution >= 0.6 is 35.0 Å². The standard InChI is InChI=1S/C11H13Cl2NS/c1-2-11(6-14-7-11)15-10-5-8(12)3-4-9(10)13/h3-5,14H,2,6-7H2,1H3. The number of nitrogens with one attached hydrogen (secondary N) is 1. The number of halogens is 2. The molecule has 1 aliphatic rings. The molecule has 1 fully saturated rings. The zero-order valence-corrected chi connectivity index (χ0v) is 10.8. The lowest BCUT2D eigenvalue weighted by atomic mass is 9.99. The summed E-state index contributed by atoms with van der Waals surface area (Å²) in [5.74, 6) is 0. The quantitative estimate of drug-likeness (QED) is 0.888. The van der Waals surface area contributed by atoms with Crippen LogP contribution in [0.15, 0.2) is 23.1 Å². The van der Waals surface area contributed by atoms with E-state index in [2.05, 4.69) is 12.2 Å². The van der Waals surface area contributed by atoms with Gasteiger partial charge in [0.15, 0.2) is 0 Å². The molecule has 1 saturated heterocycles. The van der Waals surface area contributed by atoms with E-state index in [-0.39, 0.29) is 0 Å². The predicted octanol–water partition coefficient (Wildman–Crippen LogP) is 3.84. The number of rotatable bonds is 3. The second-order valence-electron chi connectivity index (χ2n) is 3.82. The van der Waals surface area contributed by atoms with Gasteiger partial charge in [0, 0.05) is 27.8 Å². The molecule has 1 aliphatic heterocycles. The highest BCUT2D eigenvalue weighted by Gasteiger charge is 2.36. The summed E-state index contributed by atoms with van der Waals surface area (Å²) in [6.45, 7) is 4.32. The fraction of sp³-hybridized carbons (Fsp3) is 0.455. The molecule has 2 rings (SSSR count). The van der Waals surface area contributed by atoms with Gasteiger partial charge in [-0.2, -0.15) is 0 Å². The van der Waals surface area contributed by atoms with Gasteiger partial charge >= 0.3 is 0 Å². The molecule has 0 amide bonds. The van der Waals surface area contributed by atoms with Crippen LogP contribution in [0.5, 0.6) is 0 Å². The van der Waals surface area contributed by atoms with Gasteiger partial charge in [-0.1, -0.05) is 30.1 Å². The van der Waals surface area contributed by atoms with Gasteiger partial charge in [0.1, 0.15) is 0 Å². The van der Waals surface area contributed by atoms with Crippen molar-refractivity contribution in [1.82, 2.24) is 5.32 Å². The van der Waals surface area contributed by atoms with Gasteiger partial charge in [0.2, 0.25) is 0 Å². The molecule has 0 aromatic heterocycles. The molecule has 82 valence electrons. The van der Waals surface area contributed by atoms with Crippen molar-refractivity contribution in [3.8, 4) is 0 Å². The van der Waals surface area contributed by atoms with E-state index < -0.39 is 0 Å². The van der Waals surface area contributed by atoms with Crippen LogP contribution in [0.25, 0.3) is 0 Å². The van der Waals surface area contributed by atoms with E-state index in [1.165, 1.54) is 0 Å². The third-order valence-electron chi connectivity index (χ3n) is 2.76. The molecule has 1 aromatic rings. The van der Waals surface area contributed by atoms with Crippen molar-refractivity contribution in [2.75, 3.05) is 13.1 Å². The van der Waals surface area contributed by atoms with Gasteiger partial charge in [-0.25, -0.2) is 0 Å². The minimum atomic E-state index is 0.314. The molecule has 0 aliphatic carbocycles. The van der Waals surface area contributed by atoms with E-state index in [9.17, 15) is 0 Å². The molecule has 4 heteroatoms. The summed E-state index contributed by atoms with van der Waals surface area (Å²) in [4.78, 5) is 1.09. The van der Waals surface area contributed by atoms with E-state index in [4.69, 9.17) is 23.2 Å². The van der Waals surface area contributed by atoms with E-state index in [1.54, 1.807) is 0 Å². The average molecular weight is 262 g/mol. The first-order valence-corrected chi connectivity index (χ1v) is 6.57. The van der Waals surface area contributed by atoms with Crippen LogP contribution in [0.3, 0.4) is 0 Å². The van der Waals surface area contributed by atoms with Crippen LogP contribution in [-0.2, 0) is 0 Å². The highest BCUT2D eigenvalue weighted by molar-refractivity contribution is 8.01. The molecule has 0 spiro atoms. The Bertz CT molecular complexity index is 358. The van der Waals surface area contributed by atoms with Gasteiger partial charge in [0.05, 0.1) is 5.02 Å². The number of thioether (sulfide) groups is 1. The second-order valence-corrected chi connectivity index (χ2v) is 6.17. The summed E-state index contributed by atoms with van der Waals surface area (Å²) in [5, 5.41) is 4.86. The van der Waals surface area contributed by atoms with Crippen molar-refractivity contribution in [2.24, 2.45) is 0 Å². The van der Waals surface area contributed by atoms with Gasteiger partial charge in [-0.05, 0) is 24.6 Å². The Morgan fingerprint density at radius 1 is 1.40 bits per heavy atom. The number of hydrogen-bond acceptors (Lipinski definition) is 2.